The van der Waals surface area contributed by atoms with E-state index in [2.05, 4.69) is 4.98 Å². The van der Waals surface area contributed by atoms with E-state index in [1.165, 1.54) is 0 Å². The highest BCUT2D eigenvalue weighted by Gasteiger charge is 2.20. The van der Waals surface area contributed by atoms with E-state index >= 15 is 0 Å². The number of furan rings is 1. The van der Waals surface area contributed by atoms with E-state index in [4.69, 9.17) is 9.15 Å². The second kappa shape index (κ2) is 6.13. The van der Waals surface area contributed by atoms with Gasteiger partial charge in [-0.15, -0.1) is 0 Å². The van der Waals surface area contributed by atoms with Crippen molar-refractivity contribution >= 4 is 27.8 Å². The lowest BCUT2D eigenvalue weighted by atomic mass is 10.1. The molecule has 2 heterocycles. The van der Waals surface area contributed by atoms with E-state index in [1.54, 1.807) is 0 Å². The molecule has 2 aromatic heterocycles. The standard InChI is InChI=1S/C21H19NO3/c1-13-16-7-4-6-10-19(16)25-21(13)14(2)24-20(23)11-15-12-22-18-9-5-3-8-17(15)18/h3-10,12,14,22H,11H2,1-2H3. The Morgan fingerprint density at radius 1 is 1.12 bits per heavy atom. The number of hydrogen-bond donors (Lipinski definition) is 1. The van der Waals surface area contributed by atoms with Gasteiger partial charge in [-0.25, -0.2) is 0 Å². The molecule has 0 bridgehead atoms. The molecule has 0 amide bonds. The Labute approximate surface area is 145 Å². The molecule has 4 aromatic rings. The molecule has 0 saturated carbocycles. The number of fused-ring (bicyclic) bond motifs is 2. The molecule has 1 atom stereocenters. The lowest BCUT2D eigenvalue weighted by molar-refractivity contribution is -0.148. The number of hydrogen-bond acceptors (Lipinski definition) is 3. The van der Waals surface area contributed by atoms with Crippen molar-refractivity contribution in [1.82, 2.24) is 4.98 Å². The van der Waals surface area contributed by atoms with Crippen LogP contribution in [0.4, 0.5) is 0 Å². The Morgan fingerprint density at radius 2 is 1.84 bits per heavy atom. The van der Waals surface area contributed by atoms with E-state index in [0.29, 0.717) is 5.76 Å². The van der Waals surface area contributed by atoms with Crippen LogP contribution < -0.4 is 0 Å². The minimum absolute atomic E-state index is 0.230. The highest BCUT2D eigenvalue weighted by Crippen LogP contribution is 2.31. The molecule has 0 aliphatic carbocycles. The molecule has 0 aliphatic heterocycles. The SMILES string of the molecule is Cc1c(C(C)OC(=O)Cc2c[nH]c3ccccc23)oc2ccccc12. The van der Waals surface area contributed by atoms with Gasteiger partial charge >= 0.3 is 5.97 Å². The largest absolute Gasteiger partial charge is 0.457 e. The van der Waals surface area contributed by atoms with Crippen LogP contribution in [0.5, 0.6) is 0 Å². The highest BCUT2D eigenvalue weighted by atomic mass is 16.6. The third-order valence-corrected chi connectivity index (χ3v) is 4.57. The van der Waals surface area contributed by atoms with Gasteiger partial charge in [-0.3, -0.25) is 4.79 Å². The molecule has 0 aliphatic rings. The Kier molecular flexibility index (Phi) is 3.80. The number of para-hydroxylation sites is 2. The summed E-state index contributed by atoms with van der Waals surface area (Å²) < 4.78 is 11.5. The normalized spacial score (nSPS) is 12.6. The van der Waals surface area contributed by atoms with E-state index in [1.807, 2.05) is 68.6 Å². The number of carbonyl (C=O) groups excluding carboxylic acids is 1. The summed E-state index contributed by atoms with van der Waals surface area (Å²) in [6.07, 6.45) is 1.67. The lowest BCUT2D eigenvalue weighted by Gasteiger charge is -2.11. The maximum atomic E-state index is 12.4. The van der Waals surface area contributed by atoms with Crippen molar-refractivity contribution in [2.75, 3.05) is 0 Å². The van der Waals surface area contributed by atoms with Gasteiger partial charge < -0.3 is 14.1 Å². The van der Waals surface area contributed by atoms with Gasteiger partial charge in [-0.2, -0.15) is 0 Å². The van der Waals surface area contributed by atoms with Crippen LogP contribution >= 0.6 is 0 Å². The van der Waals surface area contributed by atoms with E-state index in [0.717, 1.165) is 33.0 Å². The van der Waals surface area contributed by atoms with Gasteiger partial charge in [-0.1, -0.05) is 36.4 Å². The van der Waals surface area contributed by atoms with Crippen LogP contribution in [-0.4, -0.2) is 11.0 Å². The Balaban J connectivity index is 1.52. The monoisotopic (exact) mass is 333 g/mol. The number of benzene rings is 2. The average Bonchev–Trinajstić information content (AvgIpc) is 3.17. The number of aromatic nitrogens is 1. The van der Waals surface area contributed by atoms with E-state index in [-0.39, 0.29) is 12.4 Å². The molecule has 4 rings (SSSR count). The summed E-state index contributed by atoms with van der Waals surface area (Å²) >= 11 is 0. The molecule has 4 heteroatoms. The van der Waals surface area contributed by atoms with Crippen LogP contribution in [0.15, 0.2) is 59.1 Å². The molecule has 0 saturated heterocycles. The van der Waals surface area contributed by atoms with Gasteiger partial charge in [0.25, 0.3) is 0 Å². The maximum Gasteiger partial charge on any atom is 0.311 e. The second-order valence-corrected chi connectivity index (χ2v) is 6.26. The fraction of sp³-hybridized carbons (Fsp3) is 0.190. The smallest absolute Gasteiger partial charge is 0.311 e. The number of aromatic amines is 1. The molecule has 4 nitrogen and oxygen atoms in total. The Morgan fingerprint density at radius 3 is 2.64 bits per heavy atom. The predicted octanol–water partition coefficient (Wildman–Crippen LogP) is 5.07. The first-order chi connectivity index (χ1) is 12.1. The molecule has 126 valence electrons. The first kappa shape index (κ1) is 15.5. The van der Waals surface area contributed by atoms with Crippen molar-refractivity contribution in [1.29, 1.82) is 0 Å². The molecule has 2 aromatic carbocycles. The second-order valence-electron chi connectivity index (χ2n) is 6.26. The average molecular weight is 333 g/mol. The van der Waals surface area contributed by atoms with Crippen molar-refractivity contribution in [2.24, 2.45) is 0 Å². The predicted molar refractivity (Wildman–Crippen MR) is 97.5 cm³/mol. The molecule has 0 radical (unpaired) electrons. The van der Waals surface area contributed by atoms with Crippen LogP contribution in [0.2, 0.25) is 0 Å². The summed E-state index contributed by atoms with van der Waals surface area (Å²) in [4.78, 5) is 15.6. The molecule has 0 fully saturated rings. The number of nitrogens with one attached hydrogen (secondary N) is 1. The fourth-order valence-corrected chi connectivity index (χ4v) is 3.31. The van der Waals surface area contributed by atoms with Crippen molar-refractivity contribution in [2.45, 2.75) is 26.4 Å². The molecule has 1 unspecified atom stereocenters. The molecular weight excluding hydrogens is 314 g/mol. The first-order valence-corrected chi connectivity index (χ1v) is 8.36. The molecule has 0 spiro atoms. The molecule has 1 N–H and O–H groups in total. The number of aryl methyl sites for hydroxylation is 1. The van der Waals surface area contributed by atoms with Crippen molar-refractivity contribution in [3.8, 4) is 0 Å². The van der Waals surface area contributed by atoms with Crippen molar-refractivity contribution in [3.63, 3.8) is 0 Å². The highest BCUT2D eigenvalue weighted by molar-refractivity contribution is 5.87. The van der Waals surface area contributed by atoms with Gasteiger partial charge in [0.05, 0.1) is 6.42 Å². The minimum atomic E-state index is -0.426. The van der Waals surface area contributed by atoms with Gasteiger partial charge in [0.15, 0.2) is 6.10 Å². The van der Waals surface area contributed by atoms with Crippen LogP contribution in [0, 0.1) is 6.92 Å². The summed E-state index contributed by atoms with van der Waals surface area (Å²) in [5.74, 6) is 0.436. The lowest BCUT2D eigenvalue weighted by Crippen LogP contribution is -2.11. The number of carbonyl (C=O) groups is 1. The Bertz CT molecular complexity index is 1060. The summed E-state index contributed by atoms with van der Waals surface area (Å²) in [5.41, 5.74) is 3.79. The fourth-order valence-electron chi connectivity index (χ4n) is 3.31. The zero-order valence-corrected chi connectivity index (χ0v) is 14.2. The Hall–Kier alpha value is -3.01. The topological polar surface area (TPSA) is 55.2 Å². The number of H-pyrrole nitrogens is 1. The van der Waals surface area contributed by atoms with E-state index in [9.17, 15) is 4.79 Å². The zero-order valence-electron chi connectivity index (χ0n) is 14.2. The minimum Gasteiger partial charge on any atom is -0.457 e. The van der Waals surface area contributed by atoms with Crippen LogP contribution in [0.25, 0.3) is 21.9 Å². The zero-order chi connectivity index (χ0) is 17.4. The molecular formula is C21H19NO3. The summed E-state index contributed by atoms with van der Waals surface area (Å²) in [5, 5.41) is 2.10. The summed E-state index contributed by atoms with van der Waals surface area (Å²) in [6.45, 7) is 3.84. The van der Waals surface area contributed by atoms with Crippen molar-refractivity contribution < 1.29 is 13.9 Å². The van der Waals surface area contributed by atoms with Gasteiger partial charge in [0.1, 0.15) is 11.3 Å². The van der Waals surface area contributed by atoms with Crippen LogP contribution in [-0.2, 0) is 16.0 Å². The maximum absolute atomic E-state index is 12.4. The number of ether oxygens (including phenoxy) is 1. The van der Waals surface area contributed by atoms with Gasteiger partial charge in [0.2, 0.25) is 0 Å². The third-order valence-electron chi connectivity index (χ3n) is 4.57. The van der Waals surface area contributed by atoms with Crippen molar-refractivity contribution in [3.05, 3.63) is 71.6 Å². The summed E-state index contributed by atoms with van der Waals surface area (Å²) in [6, 6.07) is 15.8. The van der Waals surface area contributed by atoms with Gasteiger partial charge in [-0.05, 0) is 31.5 Å². The van der Waals surface area contributed by atoms with Gasteiger partial charge in [0, 0.05) is 28.0 Å². The third kappa shape index (κ3) is 2.80. The van der Waals surface area contributed by atoms with Crippen LogP contribution in [0.1, 0.15) is 29.9 Å². The molecule has 25 heavy (non-hydrogen) atoms. The number of esters is 1. The quantitative estimate of drug-likeness (QED) is 0.531. The van der Waals surface area contributed by atoms with E-state index < -0.39 is 6.10 Å². The number of rotatable bonds is 4. The summed E-state index contributed by atoms with van der Waals surface area (Å²) in [7, 11) is 0. The van der Waals surface area contributed by atoms with Crippen LogP contribution in [0.3, 0.4) is 0 Å². The first-order valence-electron chi connectivity index (χ1n) is 8.36.